The Morgan fingerprint density at radius 3 is 2.56 bits per heavy atom. The number of halogens is 1. The molecule has 0 aliphatic carbocycles. The van der Waals surface area contributed by atoms with Crippen LogP contribution in [0.1, 0.15) is 6.42 Å². The van der Waals surface area contributed by atoms with Crippen molar-refractivity contribution in [2.75, 3.05) is 16.4 Å². The average Bonchev–Trinajstić information content (AvgIpc) is 3.05. The SMILES string of the molecule is O=C(CCSc1nnc(Nc2ccccc2)s1)Nc1ccc(F)cc1. The fourth-order valence-corrected chi connectivity index (χ4v) is 3.73. The normalized spacial score (nSPS) is 10.4. The van der Waals surface area contributed by atoms with Gasteiger partial charge < -0.3 is 10.6 Å². The molecule has 25 heavy (non-hydrogen) atoms. The molecule has 0 atom stereocenters. The van der Waals surface area contributed by atoms with E-state index in [4.69, 9.17) is 0 Å². The predicted molar refractivity (Wildman–Crippen MR) is 100 cm³/mol. The lowest BCUT2D eigenvalue weighted by atomic mass is 10.3. The van der Waals surface area contributed by atoms with Crippen molar-refractivity contribution in [3.05, 3.63) is 60.4 Å². The highest BCUT2D eigenvalue weighted by molar-refractivity contribution is 8.01. The summed E-state index contributed by atoms with van der Waals surface area (Å²) >= 11 is 2.92. The first kappa shape index (κ1) is 17.4. The first-order valence-electron chi connectivity index (χ1n) is 7.53. The van der Waals surface area contributed by atoms with E-state index in [0.717, 1.165) is 10.0 Å². The Morgan fingerprint density at radius 1 is 1.04 bits per heavy atom. The van der Waals surface area contributed by atoms with Gasteiger partial charge in [0.1, 0.15) is 5.82 Å². The summed E-state index contributed by atoms with van der Waals surface area (Å²) in [5, 5.41) is 14.8. The standard InChI is InChI=1S/C17H15FN4OS2/c18-12-6-8-14(9-7-12)19-15(23)10-11-24-17-22-21-16(25-17)20-13-4-2-1-3-5-13/h1-9H,10-11H2,(H,19,23)(H,20,21). The van der Waals surface area contributed by atoms with Crippen LogP contribution in [-0.2, 0) is 4.79 Å². The number of hydrogen-bond acceptors (Lipinski definition) is 6. The Kier molecular flexibility index (Phi) is 5.97. The van der Waals surface area contributed by atoms with Gasteiger partial charge in [-0.2, -0.15) is 0 Å². The van der Waals surface area contributed by atoms with Gasteiger partial charge in [-0.3, -0.25) is 4.79 Å². The number of thioether (sulfide) groups is 1. The van der Waals surface area contributed by atoms with Crippen molar-refractivity contribution < 1.29 is 9.18 Å². The quantitative estimate of drug-likeness (QED) is 0.594. The van der Waals surface area contributed by atoms with E-state index in [1.54, 1.807) is 0 Å². The van der Waals surface area contributed by atoms with Crippen LogP contribution in [-0.4, -0.2) is 21.9 Å². The van der Waals surface area contributed by atoms with Crippen LogP contribution >= 0.6 is 23.1 Å². The molecule has 2 N–H and O–H groups in total. The second-order valence-electron chi connectivity index (χ2n) is 5.02. The summed E-state index contributed by atoms with van der Waals surface area (Å²) in [6.07, 6.45) is 0.336. The highest BCUT2D eigenvalue weighted by atomic mass is 32.2. The van der Waals surface area contributed by atoms with Crippen molar-refractivity contribution in [2.24, 2.45) is 0 Å². The molecule has 0 bridgehead atoms. The molecule has 0 spiro atoms. The molecule has 3 rings (SSSR count). The maximum atomic E-state index is 12.8. The van der Waals surface area contributed by atoms with E-state index in [2.05, 4.69) is 20.8 Å². The largest absolute Gasteiger partial charge is 0.330 e. The zero-order valence-electron chi connectivity index (χ0n) is 13.1. The molecule has 5 nitrogen and oxygen atoms in total. The number of para-hydroxylation sites is 1. The van der Waals surface area contributed by atoms with Gasteiger partial charge in [-0.15, -0.1) is 10.2 Å². The Bertz CT molecular complexity index is 824. The van der Waals surface area contributed by atoms with E-state index < -0.39 is 0 Å². The highest BCUT2D eigenvalue weighted by Crippen LogP contribution is 2.28. The molecule has 0 saturated carbocycles. The molecule has 128 valence electrons. The number of anilines is 3. The predicted octanol–water partition coefficient (Wildman–Crippen LogP) is 4.54. The van der Waals surface area contributed by atoms with Gasteiger partial charge in [0.2, 0.25) is 11.0 Å². The minimum atomic E-state index is -0.329. The number of rotatable bonds is 7. The highest BCUT2D eigenvalue weighted by Gasteiger charge is 2.07. The number of hydrogen-bond donors (Lipinski definition) is 2. The lowest BCUT2D eigenvalue weighted by Gasteiger charge is -2.04. The molecule has 2 aromatic carbocycles. The molecule has 0 unspecified atom stereocenters. The maximum Gasteiger partial charge on any atom is 0.225 e. The van der Waals surface area contributed by atoms with Gasteiger partial charge in [-0.1, -0.05) is 41.3 Å². The van der Waals surface area contributed by atoms with Crippen molar-refractivity contribution in [3.63, 3.8) is 0 Å². The second kappa shape index (κ2) is 8.59. The Morgan fingerprint density at radius 2 is 1.80 bits per heavy atom. The van der Waals surface area contributed by atoms with Crippen LogP contribution in [0.25, 0.3) is 0 Å². The number of carbonyl (C=O) groups is 1. The molecular weight excluding hydrogens is 359 g/mol. The van der Waals surface area contributed by atoms with E-state index in [1.807, 2.05) is 30.3 Å². The third-order valence-electron chi connectivity index (χ3n) is 3.11. The van der Waals surface area contributed by atoms with Crippen LogP contribution in [0.5, 0.6) is 0 Å². The van der Waals surface area contributed by atoms with Gasteiger partial charge in [-0.05, 0) is 36.4 Å². The van der Waals surface area contributed by atoms with E-state index in [9.17, 15) is 9.18 Å². The van der Waals surface area contributed by atoms with Crippen molar-refractivity contribution in [3.8, 4) is 0 Å². The summed E-state index contributed by atoms with van der Waals surface area (Å²) in [4.78, 5) is 11.9. The minimum absolute atomic E-state index is 0.119. The topological polar surface area (TPSA) is 66.9 Å². The van der Waals surface area contributed by atoms with E-state index >= 15 is 0 Å². The minimum Gasteiger partial charge on any atom is -0.330 e. The number of benzene rings is 2. The number of carbonyl (C=O) groups excluding carboxylic acids is 1. The number of amides is 1. The number of aromatic nitrogens is 2. The van der Waals surface area contributed by atoms with Crippen LogP contribution in [0.2, 0.25) is 0 Å². The molecule has 1 aromatic heterocycles. The third-order valence-corrected chi connectivity index (χ3v) is 5.09. The van der Waals surface area contributed by atoms with Gasteiger partial charge in [0.15, 0.2) is 4.34 Å². The van der Waals surface area contributed by atoms with E-state index in [-0.39, 0.29) is 11.7 Å². The molecule has 8 heteroatoms. The molecule has 0 aliphatic heterocycles. The summed E-state index contributed by atoms with van der Waals surface area (Å²) in [5.41, 5.74) is 1.54. The van der Waals surface area contributed by atoms with Gasteiger partial charge in [0, 0.05) is 23.5 Å². The first-order valence-corrected chi connectivity index (χ1v) is 9.33. The van der Waals surface area contributed by atoms with Crippen LogP contribution in [0.15, 0.2) is 58.9 Å². The lowest BCUT2D eigenvalue weighted by molar-refractivity contribution is -0.115. The molecule has 0 fully saturated rings. The van der Waals surface area contributed by atoms with Crippen molar-refractivity contribution in [1.29, 1.82) is 0 Å². The molecule has 3 aromatic rings. The smallest absolute Gasteiger partial charge is 0.225 e. The van der Waals surface area contributed by atoms with E-state index in [1.165, 1.54) is 47.4 Å². The summed E-state index contributed by atoms with van der Waals surface area (Å²) in [6.45, 7) is 0. The van der Waals surface area contributed by atoms with Crippen molar-refractivity contribution >= 4 is 45.5 Å². The third kappa shape index (κ3) is 5.54. The molecule has 1 heterocycles. The zero-order valence-corrected chi connectivity index (χ0v) is 14.7. The van der Waals surface area contributed by atoms with Crippen LogP contribution in [0.3, 0.4) is 0 Å². The molecule has 1 amide bonds. The summed E-state index contributed by atoms with van der Waals surface area (Å²) in [7, 11) is 0. The second-order valence-corrected chi connectivity index (χ2v) is 7.34. The fraction of sp³-hybridized carbons (Fsp3) is 0.118. The van der Waals surface area contributed by atoms with Gasteiger partial charge >= 0.3 is 0 Å². The van der Waals surface area contributed by atoms with Crippen molar-refractivity contribution in [2.45, 2.75) is 10.8 Å². The Hall–Kier alpha value is -2.45. The van der Waals surface area contributed by atoms with Gasteiger partial charge in [-0.25, -0.2) is 4.39 Å². The monoisotopic (exact) mass is 374 g/mol. The van der Waals surface area contributed by atoms with Gasteiger partial charge in [0.25, 0.3) is 0 Å². The Balaban J connectivity index is 1.43. The summed E-state index contributed by atoms with van der Waals surface area (Å²) < 4.78 is 13.6. The maximum absolute atomic E-state index is 12.8. The van der Waals surface area contributed by atoms with Gasteiger partial charge in [0.05, 0.1) is 0 Å². The van der Waals surface area contributed by atoms with Crippen molar-refractivity contribution in [1.82, 2.24) is 10.2 Å². The molecule has 0 aliphatic rings. The number of nitrogens with one attached hydrogen (secondary N) is 2. The molecule has 0 saturated heterocycles. The van der Waals surface area contributed by atoms with E-state index in [0.29, 0.717) is 23.0 Å². The zero-order chi connectivity index (χ0) is 17.5. The van der Waals surface area contributed by atoms with Crippen LogP contribution in [0, 0.1) is 5.82 Å². The average molecular weight is 374 g/mol. The summed E-state index contributed by atoms with van der Waals surface area (Å²) in [6, 6.07) is 15.4. The lowest BCUT2D eigenvalue weighted by Crippen LogP contribution is -2.12. The fourth-order valence-electron chi connectivity index (χ4n) is 1.95. The first-order chi connectivity index (χ1) is 12.2. The Labute approximate surface area is 152 Å². The molecular formula is C17H15FN4OS2. The van der Waals surface area contributed by atoms with Crippen LogP contribution in [0.4, 0.5) is 20.9 Å². The van der Waals surface area contributed by atoms with Crippen LogP contribution < -0.4 is 10.6 Å². The number of nitrogens with zero attached hydrogens (tertiary/aromatic N) is 2. The molecule has 0 radical (unpaired) electrons. The summed E-state index contributed by atoms with van der Waals surface area (Å²) in [5.74, 6) is 0.142.